The van der Waals surface area contributed by atoms with Gasteiger partial charge in [0.25, 0.3) is 0 Å². The Hall–Kier alpha value is -1.93. The number of aromatic amines is 1. The maximum Gasteiger partial charge on any atom is 0.326 e. The van der Waals surface area contributed by atoms with Crippen LogP contribution in [0.2, 0.25) is 0 Å². The number of hydrogen-bond donors (Lipinski definition) is 4. The number of carboxylic acids is 1. The molecular formula is C10H13N5O2S. The van der Waals surface area contributed by atoms with E-state index >= 15 is 0 Å². The normalized spacial score (nSPS) is 12.3. The van der Waals surface area contributed by atoms with Crippen LogP contribution in [-0.2, 0) is 11.2 Å². The molecule has 96 valence electrons. The molecule has 2 aromatic heterocycles. The largest absolute Gasteiger partial charge is 0.480 e. The SMILES string of the molecule is NC(C(=O)O)c1csc(NCCc2cnc[nH]2)n1. The third kappa shape index (κ3) is 3.05. The van der Waals surface area contributed by atoms with Crippen molar-refractivity contribution in [2.75, 3.05) is 11.9 Å². The van der Waals surface area contributed by atoms with E-state index in [-0.39, 0.29) is 0 Å². The van der Waals surface area contributed by atoms with E-state index in [1.54, 1.807) is 17.9 Å². The van der Waals surface area contributed by atoms with Gasteiger partial charge in [-0.2, -0.15) is 0 Å². The van der Waals surface area contributed by atoms with E-state index in [0.29, 0.717) is 17.4 Å². The smallest absolute Gasteiger partial charge is 0.326 e. The summed E-state index contributed by atoms with van der Waals surface area (Å²) < 4.78 is 0. The second kappa shape index (κ2) is 5.61. The number of anilines is 1. The molecule has 0 fully saturated rings. The molecule has 8 heteroatoms. The molecule has 1 atom stereocenters. The molecule has 0 aliphatic heterocycles. The van der Waals surface area contributed by atoms with Gasteiger partial charge in [-0.3, -0.25) is 4.79 Å². The molecule has 0 radical (unpaired) electrons. The maximum absolute atomic E-state index is 10.7. The molecule has 2 aromatic rings. The Kier molecular flexibility index (Phi) is 3.90. The van der Waals surface area contributed by atoms with Crippen LogP contribution in [-0.4, -0.2) is 32.6 Å². The number of aromatic nitrogens is 3. The fourth-order valence-electron chi connectivity index (χ4n) is 1.36. The third-order valence-corrected chi connectivity index (χ3v) is 3.15. The maximum atomic E-state index is 10.7. The van der Waals surface area contributed by atoms with E-state index in [9.17, 15) is 4.79 Å². The summed E-state index contributed by atoms with van der Waals surface area (Å²) in [6, 6.07) is -1.07. The Bertz CT molecular complexity index is 510. The van der Waals surface area contributed by atoms with Gasteiger partial charge < -0.3 is 21.1 Å². The summed E-state index contributed by atoms with van der Waals surface area (Å²) in [5.74, 6) is -1.08. The van der Waals surface area contributed by atoms with E-state index in [2.05, 4.69) is 20.3 Å². The number of nitrogens with two attached hydrogens (primary N) is 1. The number of carbonyl (C=O) groups is 1. The first-order valence-corrected chi connectivity index (χ1v) is 6.19. The van der Waals surface area contributed by atoms with Gasteiger partial charge in [0.2, 0.25) is 0 Å². The summed E-state index contributed by atoms with van der Waals surface area (Å²) in [5, 5.41) is 14.2. The lowest BCUT2D eigenvalue weighted by molar-refractivity contribution is -0.138. The molecular weight excluding hydrogens is 254 g/mol. The number of rotatable bonds is 6. The molecule has 7 nitrogen and oxygen atoms in total. The van der Waals surface area contributed by atoms with Crippen LogP contribution in [0.25, 0.3) is 0 Å². The molecule has 0 saturated heterocycles. The minimum atomic E-state index is -1.08. The highest BCUT2D eigenvalue weighted by atomic mass is 32.1. The molecule has 0 aliphatic rings. The zero-order chi connectivity index (χ0) is 13.0. The Labute approximate surface area is 107 Å². The van der Waals surface area contributed by atoms with E-state index in [0.717, 1.165) is 12.1 Å². The minimum Gasteiger partial charge on any atom is -0.480 e. The number of nitrogens with one attached hydrogen (secondary N) is 2. The molecule has 0 aliphatic carbocycles. The number of imidazole rings is 1. The molecule has 5 N–H and O–H groups in total. The van der Waals surface area contributed by atoms with Crippen molar-refractivity contribution < 1.29 is 9.90 Å². The second-order valence-electron chi connectivity index (χ2n) is 3.65. The summed E-state index contributed by atoms with van der Waals surface area (Å²) >= 11 is 1.34. The van der Waals surface area contributed by atoms with Crippen molar-refractivity contribution in [2.24, 2.45) is 5.73 Å². The van der Waals surface area contributed by atoms with Gasteiger partial charge >= 0.3 is 5.97 Å². The Morgan fingerprint density at radius 2 is 2.50 bits per heavy atom. The van der Waals surface area contributed by atoms with Crippen molar-refractivity contribution in [1.29, 1.82) is 0 Å². The molecule has 2 heterocycles. The van der Waals surface area contributed by atoms with Crippen LogP contribution in [0.1, 0.15) is 17.4 Å². The first kappa shape index (κ1) is 12.5. The lowest BCUT2D eigenvalue weighted by atomic mass is 10.2. The summed E-state index contributed by atoms with van der Waals surface area (Å²) in [6.45, 7) is 0.692. The number of H-pyrrole nitrogens is 1. The van der Waals surface area contributed by atoms with Gasteiger partial charge in [0, 0.05) is 30.2 Å². The lowest BCUT2D eigenvalue weighted by Crippen LogP contribution is -2.21. The van der Waals surface area contributed by atoms with Crippen molar-refractivity contribution in [3.63, 3.8) is 0 Å². The van der Waals surface area contributed by atoms with Crippen LogP contribution in [0.3, 0.4) is 0 Å². The molecule has 0 saturated carbocycles. The van der Waals surface area contributed by atoms with Crippen molar-refractivity contribution in [1.82, 2.24) is 15.0 Å². The number of carboxylic acid groups (broad SMARTS) is 1. The van der Waals surface area contributed by atoms with Crippen LogP contribution >= 0.6 is 11.3 Å². The fraction of sp³-hybridized carbons (Fsp3) is 0.300. The van der Waals surface area contributed by atoms with Gasteiger partial charge in [-0.25, -0.2) is 9.97 Å². The Morgan fingerprint density at radius 1 is 1.67 bits per heavy atom. The van der Waals surface area contributed by atoms with Gasteiger partial charge in [0.1, 0.15) is 6.04 Å². The monoisotopic (exact) mass is 267 g/mol. The number of thiazole rings is 1. The Balaban J connectivity index is 1.85. The average molecular weight is 267 g/mol. The van der Waals surface area contributed by atoms with Crippen molar-refractivity contribution >= 4 is 22.4 Å². The van der Waals surface area contributed by atoms with E-state index in [4.69, 9.17) is 10.8 Å². The summed E-state index contributed by atoms with van der Waals surface area (Å²) in [7, 11) is 0. The Morgan fingerprint density at radius 3 is 3.17 bits per heavy atom. The van der Waals surface area contributed by atoms with Gasteiger partial charge in [0.15, 0.2) is 5.13 Å². The van der Waals surface area contributed by atoms with E-state index in [1.807, 2.05) is 0 Å². The number of hydrogen-bond acceptors (Lipinski definition) is 6. The van der Waals surface area contributed by atoms with Crippen LogP contribution in [0, 0.1) is 0 Å². The fourth-order valence-corrected chi connectivity index (χ4v) is 2.14. The lowest BCUT2D eigenvalue weighted by Gasteiger charge is -2.02. The van der Waals surface area contributed by atoms with Crippen molar-refractivity contribution in [2.45, 2.75) is 12.5 Å². The van der Waals surface area contributed by atoms with Crippen molar-refractivity contribution in [3.8, 4) is 0 Å². The standard InChI is InChI=1S/C10H13N5O2S/c11-8(9(16)17)7-4-18-10(15-7)13-2-1-6-3-12-5-14-6/h3-5,8H,1-2,11H2,(H,12,14)(H,13,15)(H,16,17). The molecule has 0 bridgehead atoms. The predicted molar refractivity (Wildman–Crippen MR) is 67.5 cm³/mol. The van der Waals surface area contributed by atoms with Gasteiger partial charge in [-0.1, -0.05) is 0 Å². The molecule has 0 spiro atoms. The van der Waals surface area contributed by atoms with Crippen molar-refractivity contribution in [3.05, 3.63) is 29.3 Å². The van der Waals surface area contributed by atoms with Crippen LogP contribution in [0.15, 0.2) is 17.9 Å². The molecule has 2 rings (SSSR count). The number of nitrogens with zero attached hydrogens (tertiary/aromatic N) is 2. The highest BCUT2D eigenvalue weighted by Gasteiger charge is 2.17. The summed E-state index contributed by atoms with van der Waals surface area (Å²) in [6.07, 6.45) is 4.18. The highest BCUT2D eigenvalue weighted by Crippen LogP contribution is 2.19. The summed E-state index contributed by atoms with van der Waals surface area (Å²) in [4.78, 5) is 21.7. The molecule has 18 heavy (non-hydrogen) atoms. The minimum absolute atomic E-state index is 0.372. The summed E-state index contributed by atoms with van der Waals surface area (Å²) in [5.41, 5.74) is 6.86. The van der Waals surface area contributed by atoms with Crippen LogP contribution in [0.4, 0.5) is 5.13 Å². The molecule has 0 amide bonds. The first-order chi connectivity index (χ1) is 8.66. The van der Waals surface area contributed by atoms with Crippen LogP contribution in [0.5, 0.6) is 0 Å². The number of aliphatic carboxylic acids is 1. The highest BCUT2D eigenvalue weighted by molar-refractivity contribution is 7.13. The van der Waals surface area contributed by atoms with E-state index in [1.165, 1.54) is 11.3 Å². The van der Waals surface area contributed by atoms with Gasteiger partial charge in [-0.05, 0) is 0 Å². The zero-order valence-corrected chi connectivity index (χ0v) is 10.3. The van der Waals surface area contributed by atoms with Gasteiger partial charge in [-0.15, -0.1) is 11.3 Å². The average Bonchev–Trinajstić information content (AvgIpc) is 2.99. The first-order valence-electron chi connectivity index (χ1n) is 5.31. The second-order valence-corrected chi connectivity index (χ2v) is 4.51. The molecule has 1 unspecified atom stereocenters. The molecule has 0 aromatic carbocycles. The van der Waals surface area contributed by atoms with Crippen LogP contribution < -0.4 is 11.1 Å². The predicted octanol–water partition coefficient (Wildman–Crippen LogP) is 0.605. The van der Waals surface area contributed by atoms with E-state index < -0.39 is 12.0 Å². The quantitative estimate of drug-likeness (QED) is 0.609. The van der Waals surface area contributed by atoms with Gasteiger partial charge in [0.05, 0.1) is 12.0 Å². The topological polar surface area (TPSA) is 117 Å². The zero-order valence-electron chi connectivity index (χ0n) is 9.46. The third-order valence-electron chi connectivity index (χ3n) is 2.33.